The van der Waals surface area contributed by atoms with Gasteiger partial charge in [0.2, 0.25) is 0 Å². The molecule has 0 spiro atoms. The Bertz CT molecular complexity index is 250. The SMILES string of the molecule is CCONC(=O)c1ccnnc1. The Labute approximate surface area is 69.7 Å². The van der Waals surface area contributed by atoms with E-state index in [-0.39, 0.29) is 5.91 Å². The van der Waals surface area contributed by atoms with Crippen molar-refractivity contribution in [3.63, 3.8) is 0 Å². The van der Waals surface area contributed by atoms with Crippen molar-refractivity contribution in [1.82, 2.24) is 15.7 Å². The largest absolute Gasteiger partial charge is 0.276 e. The molecule has 1 amide bonds. The fourth-order valence-electron chi connectivity index (χ4n) is 0.622. The molecule has 5 heteroatoms. The number of carbonyl (C=O) groups is 1. The number of amides is 1. The second-order valence-electron chi connectivity index (χ2n) is 2.00. The second kappa shape index (κ2) is 4.40. The van der Waals surface area contributed by atoms with Crippen LogP contribution in [-0.2, 0) is 4.84 Å². The van der Waals surface area contributed by atoms with Crippen LogP contribution in [0.25, 0.3) is 0 Å². The minimum Gasteiger partial charge on any atom is -0.274 e. The number of rotatable bonds is 3. The number of nitrogens with one attached hydrogen (secondary N) is 1. The Morgan fingerprint density at radius 3 is 3.08 bits per heavy atom. The van der Waals surface area contributed by atoms with Crippen molar-refractivity contribution in [2.45, 2.75) is 6.92 Å². The van der Waals surface area contributed by atoms with Gasteiger partial charge in [0.1, 0.15) is 0 Å². The lowest BCUT2D eigenvalue weighted by atomic mass is 10.3. The number of hydroxylamine groups is 1. The molecule has 0 radical (unpaired) electrons. The summed E-state index contributed by atoms with van der Waals surface area (Å²) in [5.74, 6) is -0.313. The highest BCUT2D eigenvalue weighted by Gasteiger charge is 2.03. The van der Waals surface area contributed by atoms with Crippen LogP contribution in [0.3, 0.4) is 0 Å². The van der Waals surface area contributed by atoms with Crippen molar-refractivity contribution in [3.8, 4) is 0 Å². The topological polar surface area (TPSA) is 64.1 Å². The smallest absolute Gasteiger partial charge is 0.274 e. The van der Waals surface area contributed by atoms with E-state index < -0.39 is 0 Å². The number of aromatic nitrogens is 2. The molecule has 1 aromatic rings. The molecular weight excluding hydrogens is 158 g/mol. The maximum atomic E-state index is 11.1. The van der Waals surface area contributed by atoms with Crippen LogP contribution in [0.5, 0.6) is 0 Å². The Hall–Kier alpha value is -1.49. The summed E-state index contributed by atoms with van der Waals surface area (Å²) in [7, 11) is 0. The molecule has 0 fully saturated rings. The number of nitrogens with zero attached hydrogens (tertiary/aromatic N) is 2. The first-order valence-corrected chi connectivity index (χ1v) is 3.53. The molecule has 12 heavy (non-hydrogen) atoms. The lowest BCUT2D eigenvalue weighted by Gasteiger charge is -2.01. The molecule has 0 aromatic carbocycles. The van der Waals surface area contributed by atoms with Crippen LogP contribution in [-0.4, -0.2) is 22.7 Å². The van der Waals surface area contributed by atoms with Gasteiger partial charge in [-0.15, -0.1) is 0 Å². The number of carbonyl (C=O) groups excluding carboxylic acids is 1. The van der Waals surface area contributed by atoms with Gasteiger partial charge in [-0.2, -0.15) is 10.2 Å². The van der Waals surface area contributed by atoms with E-state index in [9.17, 15) is 4.79 Å². The van der Waals surface area contributed by atoms with E-state index in [1.807, 2.05) is 0 Å². The van der Waals surface area contributed by atoms with Crippen LogP contribution in [0.1, 0.15) is 17.3 Å². The van der Waals surface area contributed by atoms with Crippen LogP contribution in [0.4, 0.5) is 0 Å². The summed E-state index contributed by atoms with van der Waals surface area (Å²) < 4.78 is 0. The molecule has 0 aliphatic carbocycles. The molecule has 0 atom stereocenters. The molecule has 5 nitrogen and oxygen atoms in total. The Balaban J connectivity index is 2.54. The second-order valence-corrected chi connectivity index (χ2v) is 2.00. The first-order valence-electron chi connectivity index (χ1n) is 3.53. The van der Waals surface area contributed by atoms with Crippen molar-refractivity contribution in [1.29, 1.82) is 0 Å². The van der Waals surface area contributed by atoms with Gasteiger partial charge in [0.15, 0.2) is 0 Å². The van der Waals surface area contributed by atoms with Crippen molar-refractivity contribution >= 4 is 5.91 Å². The van der Waals surface area contributed by atoms with Crippen LogP contribution >= 0.6 is 0 Å². The molecule has 0 unspecified atom stereocenters. The zero-order valence-electron chi connectivity index (χ0n) is 6.65. The Morgan fingerprint density at radius 2 is 2.50 bits per heavy atom. The van der Waals surface area contributed by atoms with Gasteiger partial charge < -0.3 is 0 Å². The van der Waals surface area contributed by atoms with Gasteiger partial charge in [-0.05, 0) is 13.0 Å². The summed E-state index contributed by atoms with van der Waals surface area (Å²) in [6.45, 7) is 2.22. The van der Waals surface area contributed by atoms with Gasteiger partial charge in [0, 0.05) is 0 Å². The quantitative estimate of drug-likeness (QED) is 0.651. The van der Waals surface area contributed by atoms with Gasteiger partial charge in [-0.1, -0.05) is 0 Å². The number of hydrogen-bond acceptors (Lipinski definition) is 4. The zero-order valence-corrected chi connectivity index (χ0v) is 6.65. The predicted octanol–water partition coefficient (Wildman–Crippen LogP) is 0.158. The van der Waals surface area contributed by atoms with E-state index in [0.29, 0.717) is 12.2 Å². The molecular formula is C7H9N3O2. The minimum atomic E-state index is -0.313. The standard InChI is InChI=1S/C7H9N3O2/c1-2-12-10-7(11)6-3-4-8-9-5-6/h3-5H,2H2,1H3,(H,10,11). The Morgan fingerprint density at radius 1 is 1.67 bits per heavy atom. The van der Waals surface area contributed by atoms with Gasteiger partial charge in [-0.25, -0.2) is 5.48 Å². The maximum absolute atomic E-state index is 11.1. The fourth-order valence-corrected chi connectivity index (χ4v) is 0.622. The van der Waals surface area contributed by atoms with Crippen LogP contribution < -0.4 is 5.48 Å². The van der Waals surface area contributed by atoms with Gasteiger partial charge in [-0.3, -0.25) is 9.63 Å². The first kappa shape index (κ1) is 8.61. The lowest BCUT2D eigenvalue weighted by molar-refractivity contribution is 0.0364. The predicted molar refractivity (Wildman–Crippen MR) is 41.1 cm³/mol. The molecule has 0 bridgehead atoms. The van der Waals surface area contributed by atoms with E-state index in [0.717, 1.165) is 0 Å². The third kappa shape index (κ3) is 2.28. The summed E-state index contributed by atoms with van der Waals surface area (Å²) in [5.41, 5.74) is 2.67. The first-order chi connectivity index (χ1) is 5.84. The highest BCUT2D eigenvalue weighted by molar-refractivity contribution is 5.92. The highest BCUT2D eigenvalue weighted by atomic mass is 16.6. The van der Waals surface area contributed by atoms with Gasteiger partial charge in [0.25, 0.3) is 5.91 Å². The summed E-state index contributed by atoms with van der Waals surface area (Å²) >= 11 is 0. The summed E-state index contributed by atoms with van der Waals surface area (Å²) in [6.07, 6.45) is 2.81. The van der Waals surface area contributed by atoms with E-state index in [1.54, 1.807) is 13.0 Å². The van der Waals surface area contributed by atoms with E-state index in [2.05, 4.69) is 15.7 Å². The summed E-state index contributed by atoms with van der Waals surface area (Å²) in [5, 5.41) is 7.08. The highest BCUT2D eigenvalue weighted by Crippen LogP contribution is 1.92. The van der Waals surface area contributed by atoms with Crippen molar-refractivity contribution in [3.05, 3.63) is 24.0 Å². The fraction of sp³-hybridized carbons (Fsp3) is 0.286. The molecule has 64 valence electrons. The Kier molecular flexibility index (Phi) is 3.16. The van der Waals surface area contributed by atoms with Crippen LogP contribution in [0.15, 0.2) is 18.5 Å². The van der Waals surface area contributed by atoms with Crippen molar-refractivity contribution in [2.24, 2.45) is 0 Å². The normalized spacial score (nSPS) is 9.42. The van der Waals surface area contributed by atoms with E-state index in [1.165, 1.54) is 12.4 Å². The number of hydrogen-bond donors (Lipinski definition) is 1. The third-order valence-electron chi connectivity index (χ3n) is 1.16. The van der Waals surface area contributed by atoms with Gasteiger partial charge in [0.05, 0.1) is 24.6 Å². The minimum absolute atomic E-state index is 0.313. The molecule has 1 aromatic heterocycles. The monoisotopic (exact) mass is 167 g/mol. The summed E-state index contributed by atoms with van der Waals surface area (Å²) in [4.78, 5) is 15.8. The molecule has 0 aliphatic heterocycles. The zero-order chi connectivity index (χ0) is 8.81. The summed E-state index contributed by atoms with van der Waals surface area (Å²) in [6, 6.07) is 1.56. The molecule has 1 N–H and O–H groups in total. The lowest BCUT2D eigenvalue weighted by Crippen LogP contribution is -2.23. The van der Waals surface area contributed by atoms with Crippen molar-refractivity contribution < 1.29 is 9.63 Å². The van der Waals surface area contributed by atoms with E-state index in [4.69, 9.17) is 4.84 Å². The average molecular weight is 167 g/mol. The van der Waals surface area contributed by atoms with Gasteiger partial charge >= 0.3 is 0 Å². The average Bonchev–Trinajstić information content (AvgIpc) is 2.15. The van der Waals surface area contributed by atoms with Crippen LogP contribution in [0, 0.1) is 0 Å². The molecule has 0 saturated carbocycles. The van der Waals surface area contributed by atoms with E-state index >= 15 is 0 Å². The molecule has 1 heterocycles. The molecule has 1 rings (SSSR count). The molecule has 0 saturated heterocycles. The van der Waals surface area contributed by atoms with Crippen molar-refractivity contribution in [2.75, 3.05) is 6.61 Å². The maximum Gasteiger partial charge on any atom is 0.276 e. The van der Waals surface area contributed by atoms with Crippen LogP contribution in [0.2, 0.25) is 0 Å². The third-order valence-corrected chi connectivity index (χ3v) is 1.16. The molecule has 0 aliphatic rings.